The first-order chi connectivity index (χ1) is 10.7. The monoisotopic (exact) mass is 302 g/mol. The molecule has 0 aliphatic carbocycles. The third-order valence-electron chi connectivity index (χ3n) is 3.80. The van der Waals surface area contributed by atoms with Gasteiger partial charge in [-0.2, -0.15) is 0 Å². The maximum Gasteiger partial charge on any atom is 0.191 e. The number of furan rings is 1. The van der Waals surface area contributed by atoms with E-state index in [0.29, 0.717) is 12.5 Å². The maximum atomic E-state index is 13.0. The number of rotatable bonds is 3. The zero-order valence-electron chi connectivity index (χ0n) is 12.3. The minimum atomic E-state index is -0.210. The first kappa shape index (κ1) is 14.4. The third kappa shape index (κ3) is 3.39. The Kier molecular flexibility index (Phi) is 4.27. The van der Waals surface area contributed by atoms with Crippen molar-refractivity contribution in [3.05, 3.63) is 54.2 Å². The summed E-state index contributed by atoms with van der Waals surface area (Å²) in [6.07, 6.45) is 3.30. The second-order valence-corrected chi connectivity index (χ2v) is 5.26. The molecule has 1 aromatic heterocycles. The molecule has 1 aromatic carbocycles. The number of aliphatic imine (C=N–C) groups is 1. The Balaban J connectivity index is 1.54. The molecule has 0 spiro atoms. The summed E-state index contributed by atoms with van der Waals surface area (Å²) < 4.78 is 18.0. The molecule has 3 rings (SSSR count). The Morgan fingerprint density at radius 2 is 1.86 bits per heavy atom. The van der Waals surface area contributed by atoms with E-state index in [2.05, 4.69) is 14.8 Å². The number of nitrogens with two attached hydrogens (primary N) is 1. The Morgan fingerprint density at radius 3 is 2.50 bits per heavy atom. The van der Waals surface area contributed by atoms with E-state index in [1.165, 1.54) is 12.1 Å². The number of halogens is 1. The fourth-order valence-electron chi connectivity index (χ4n) is 2.50. The summed E-state index contributed by atoms with van der Waals surface area (Å²) in [7, 11) is 0. The highest BCUT2D eigenvalue weighted by Crippen LogP contribution is 2.16. The van der Waals surface area contributed by atoms with Crippen LogP contribution in [-0.2, 0) is 6.54 Å². The zero-order valence-corrected chi connectivity index (χ0v) is 12.3. The van der Waals surface area contributed by atoms with Crippen LogP contribution in [-0.4, -0.2) is 37.0 Å². The van der Waals surface area contributed by atoms with E-state index in [1.807, 2.05) is 6.07 Å². The topological polar surface area (TPSA) is 58.0 Å². The van der Waals surface area contributed by atoms with Crippen LogP contribution in [0.5, 0.6) is 0 Å². The summed E-state index contributed by atoms with van der Waals surface area (Å²) in [6, 6.07) is 8.47. The number of anilines is 1. The predicted molar refractivity (Wildman–Crippen MR) is 84.2 cm³/mol. The molecule has 5 nitrogen and oxygen atoms in total. The van der Waals surface area contributed by atoms with Crippen LogP contribution in [0.25, 0.3) is 0 Å². The van der Waals surface area contributed by atoms with Gasteiger partial charge in [0.1, 0.15) is 5.82 Å². The van der Waals surface area contributed by atoms with E-state index in [4.69, 9.17) is 10.2 Å². The van der Waals surface area contributed by atoms with Gasteiger partial charge in [0.2, 0.25) is 0 Å². The lowest BCUT2D eigenvalue weighted by Crippen LogP contribution is -2.51. The summed E-state index contributed by atoms with van der Waals surface area (Å²) in [5, 5.41) is 0. The van der Waals surface area contributed by atoms with Gasteiger partial charge in [0.25, 0.3) is 0 Å². The minimum Gasteiger partial charge on any atom is -0.472 e. The molecule has 0 radical (unpaired) electrons. The maximum absolute atomic E-state index is 13.0. The van der Waals surface area contributed by atoms with Crippen LogP contribution in [0.1, 0.15) is 5.56 Å². The van der Waals surface area contributed by atoms with Gasteiger partial charge in [-0.25, -0.2) is 9.38 Å². The van der Waals surface area contributed by atoms with Crippen LogP contribution in [0.2, 0.25) is 0 Å². The van der Waals surface area contributed by atoms with Crippen LogP contribution in [0, 0.1) is 5.82 Å². The normalized spacial score (nSPS) is 16.1. The first-order valence-corrected chi connectivity index (χ1v) is 7.29. The molecule has 22 heavy (non-hydrogen) atoms. The molecule has 2 N–H and O–H groups in total. The minimum absolute atomic E-state index is 0.210. The number of nitrogens with zero attached hydrogens (tertiary/aromatic N) is 3. The summed E-state index contributed by atoms with van der Waals surface area (Å²) in [5.74, 6) is 0.345. The molecule has 2 heterocycles. The summed E-state index contributed by atoms with van der Waals surface area (Å²) in [4.78, 5) is 8.68. The van der Waals surface area contributed by atoms with Crippen molar-refractivity contribution in [1.82, 2.24) is 4.90 Å². The van der Waals surface area contributed by atoms with Gasteiger partial charge in [0, 0.05) is 37.4 Å². The van der Waals surface area contributed by atoms with Crippen LogP contribution >= 0.6 is 0 Å². The highest BCUT2D eigenvalue weighted by atomic mass is 19.1. The highest BCUT2D eigenvalue weighted by Gasteiger charge is 2.18. The molecule has 0 unspecified atom stereocenters. The van der Waals surface area contributed by atoms with Gasteiger partial charge in [-0.15, -0.1) is 0 Å². The van der Waals surface area contributed by atoms with Crippen molar-refractivity contribution in [1.29, 1.82) is 0 Å². The number of guanidine groups is 1. The molecule has 0 atom stereocenters. The Hall–Kier alpha value is -2.50. The van der Waals surface area contributed by atoms with E-state index in [-0.39, 0.29) is 5.82 Å². The molecule has 1 aliphatic rings. The third-order valence-corrected chi connectivity index (χ3v) is 3.80. The summed E-state index contributed by atoms with van der Waals surface area (Å²) >= 11 is 0. The Morgan fingerprint density at radius 1 is 1.14 bits per heavy atom. The van der Waals surface area contributed by atoms with Gasteiger partial charge in [-0.3, -0.25) is 0 Å². The number of hydrogen-bond acceptors (Lipinski definition) is 3. The Labute approximate surface area is 128 Å². The number of piperazine rings is 1. The molecule has 6 heteroatoms. The largest absolute Gasteiger partial charge is 0.472 e. The highest BCUT2D eigenvalue weighted by molar-refractivity contribution is 5.78. The van der Waals surface area contributed by atoms with Crippen molar-refractivity contribution in [3.63, 3.8) is 0 Å². The van der Waals surface area contributed by atoms with Gasteiger partial charge in [-0.05, 0) is 30.3 Å². The molecule has 1 fully saturated rings. The van der Waals surface area contributed by atoms with Crippen molar-refractivity contribution < 1.29 is 8.81 Å². The molecule has 0 amide bonds. The molecule has 1 saturated heterocycles. The van der Waals surface area contributed by atoms with Crippen LogP contribution in [0.15, 0.2) is 52.3 Å². The van der Waals surface area contributed by atoms with Gasteiger partial charge in [0.05, 0.1) is 19.1 Å². The molecule has 116 valence electrons. The fraction of sp³-hybridized carbons (Fsp3) is 0.312. The average Bonchev–Trinajstić information content (AvgIpc) is 3.07. The van der Waals surface area contributed by atoms with Crippen molar-refractivity contribution in [2.75, 3.05) is 31.1 Å². The number of hydrogen-bond donors (Lipinski definition) is 1. The molecule has 2 aromatic rings. The van der Waals surface area contributed by atoms with E-state index >= 15 is 0 Å². The van der Waals surface area contributed by atoms with E-state index < -0.39 is 0 Å². The van der Waals surface area contributed by atoms with Crippen LogP contribution in [0.3, 0.4) is 0 Å². The summed E-state index contributed by atoms with van der Waals surface area (Å²) in [5.41, 5.74) is 8.09. The lowest BCUT2D eigenvalue weighted by molar-refractivity contribution is 0.380. The van der Waals surface area contributed by atoms with Crippen LogP contribution < -0.4 is 10.6 Å². The smallest absolute Gasteiger partial charge is 0.191 e. The van der Waals surface area contributed by atoms with Crippen molar-refractivity contribution in [2.45, 2.75) is 6.54 Å². The SMILES string of the molecule is NC(=NCc1ccoc1)N1CCN(c2ccc(F)cc2)CC1. The predicted octanol–water partition coefficient (Wildman–Crippen LogP) is 2.06. The van der Waals surface area contributed by atoms with Crippen LogP contribution in [0.4, 0.5) is 10.1 Å². The van der Waals surface area contributed by atoms with Crippen molar-refractivity contribution in [3.8, 4) is 0 Å². The average molecular weight is 302 g/mol. The van der Waals surface area contributed by atoms with E-state index in [0.717, 1.165) is 37.4 Å². The quantitative estimate of drug-likeness (QED) is 0.696. The molecule has 1 aliphatic heterocycles. The van der Waals surface area contributed by atoms with E-state index in [1.54, 1.807) is 24.7 Å². The van der Waals surface area contributed by atoms with E-state index in [9.17, 15) is 4.39 Å². The van der Waals surface area contributed by atoms with Gasteiger partial charge in [-0.1, -0.05) is 0 Å². The van der Waals surface area contributed by atoms with Gasteiger partial charge >= 0.3 is 0 Å². The molecule has 0 bridgehead atoms. The van der Waals surface area contributed by atoms with Gasteiger partial charge in [0.15, 0.2) is 5.96 Å². The number of benzene rings is 1. The molecular formula is C16H19FN4O. The zero-order chi connectivity index (χ0) is 15.4. The second kappa shape index (κ2) is 6.51. The second-order valence-electron chi connectivity index (χ2n) is 5.26. The Bertz CT molecular complexity index is 616. The van der Waals surface area contributed by atoms with Crippen molar-refractivity contribution >= 4 is 11.6 Å². The summed E-state index contributed by atoms with van der Waals surface area (Å²) in [6.45, 7) is 3.82. The van der Waals surface area contributed by atoms with Crippen molar-refractivity contribution in [2.24, 2.45) is 10.7 Å². The fourth-order valence-corrected chi connectivity index (χ4v) is 2.50. The molecular weight excluding hydrogens is 283 g/mol. The van der Waals surface area contributed by atoms with Gasteiger partial charge < -0.3 is 20.0 Å². The standard InChI is InChI=1S/C16H19FN4O/c17-14-1-3-15(4-2-14)20-6-8-21(9-7-20)16(18)19-11-13-5-10-22-12-13/h1-5,10,12H,6-9,11H2,(H2,18,19). The first-order valence-electron chi connectivity index (χ1n) is 7.29. The molecule has 0 saturated carbocycles. The lowest BCUT2D eigenvalue weighted by Gasteiger charge is -2.36. The lowest BCUT2D eigenvalue weighted by atomic mass is 10.2.